The molecule has 0 aromatic carbocycles. The molecule has 5 nitrogen and oxygen atoms in total. The van der Waals surface area contributed by atoms with Gasteiger partial charge in [-0.2, -0.15) is 0 Å². The van der Waals surface area contributed by atoms with E-state index in [1.54, 1.807) is 30.9 Å². The van der Waals surface area contributed by atoms with Crippen LogP contribution in [0.3, 0.4) is 0 Å². The van der Waals surface area contributed by atoms with Crippen molar-refractivity contribution in [3.8, 4) is 11.1 Å². The van der Waals surface area contributed by atoms with Crippen LogP contribution in [-0.2, 0) is 0 Å². The Hall–Kier alpha value is -2.69. The van der Waals surface area contributed by atoms with Gasteiger partial charge in [-0.3, -0.25) is 9.78 Å². The van der Waals surface area contributed by atoms with E-state index in [0.717, 1.165) is 16.5 Å². The van der Waals surface area contributed by atoms with Crippen molar-refractivity contribution in [2.24, 2.45) is 5.73 Å². The first kappa shape index (κ1) is 10.5. The maximum absolute atomic E-state index is 11.7. The highest BCUT2D eigenvalue weighted by Gasteiger charge is 2.15. The third-order valence-electron chi connectivity index (χ3n) is 2.82. The number of primary amides is 1. The maximum Gasteiger partial charge on any atom is 0.250 e. The van der Waals surface area contributed by atoms with E-state index in [-0.39, 0.29) is 0 Å². The van der Waals surface area contributed by atoms with Gasteiger partial charge in [-0.05, 0) is 23.8 Å². The number of aromatic amines is 1. The highest BCUT2D eigenvalue weighted by Crippen LogP contribution is 2.27. The lowest BCUT2D eigenvalue weighted by Crippen LogP contribution is -2.13. The van der Waals surface area contributed by atoms with Gasteiger partial charge in [0.1, 0.15) is 5.65 Å². The predicted molar refractivity (Wildman–Crippen MR) is 67.8 cm³/mol. The van der Waals surface area contributed by atoms with E-state index in [4.69, 9.17) is 5.73 Å². The summed E-state index contributed by atoms with van der Waals surface area (Å²) in [4.78, 5) is 22.9. The Balaban J connectivity index is 2.35. The molecule has 1 amide bonds. The summed E-state index contributed by atoms with van der Waals surface area (Å²) in [5.41, 5.74) is 8.20. The SMILES string of the molecule is NC(=O)c1c(-c2ccncc2)cnc2[nH]ccc12. The molecule has 0 fully saturated rings. The van der Waals surface area contributed by atoms with Crippen LogP contribution in [-0.4, -0.2) is 20.9 Å². The third-order valence-corrected chi connectivity index (χ3v) is 2.82. The Kier molecular flexibility index (Phi) is 2.30. The fourth-order valence-corrected chi connectivity index (χ4v) is 2.02. The summed E-state index contributed by atoms with van der Waals surface area (Å²) in [6.45, 7) is 0. The molecule has 0 aliphatic rings. The van der Waals surface area contributed by atoms with Gasteiger partial charge in [0.2, 0.25) is 5.91 Å². The van der Waals surface area contributed by atoms with Gasteiger partial charge in [-0.1, -0.05) is 0 Å². The molecule has 0 saturated carbocycles. The highest BCUT2D eigenvalue weighted by molar-refractivity contribution is 6.10. The van der Waals surface area contributed by atoms with Crippen molar-refractivity contribution in [1.82, 2.24) is 15.0 Å². The largest absolute Gasteiger partial charge is 0.366 e. The smallest absolute Gasteiger partial charge is 0.250 e. The summed E-state index contributed by atoms with van der Waals surface area (Å²) in [6.07, 6.45) is 6.72. The molecular weight excluding hydrogens is 228 g/mol. The molecule has 3 aromatic heterocycles. The number of aromatic nitrogens is 3. The molecule has 0 spiro atoms. The average Bonchev–Trinajstić information content (AvgIpc) is 2.86. The number of carbonyl (C=O) groups excluding carboxylic acids is 1. The van der Waals surface area contributed by atoms with Crippen molar-refractivity contribution >= 4 is 16.9 Å². The maximum atomic E-state index is 11.7. The zero-order valence-electron chi connectivity index (χ0n) is 9.42. The van der Waals surface area contributed by atoms with E-state index in [0.29, 0.717) is 11.2 Å². The van der Waals surface area contributed by atoms with Gasteiger partial charge in [0.05, 0.1) is 5.56 Å². The van der Waals surface area contributed by atoms with Crippen LogP contribution < -0.4 is 5.73 Å². The number of fused-ring (bicyclic) bond motifs is 1. The molecule has 0 aliphatic heterocycles. The van der Waals surface area contributed by atoms with Crippen molar-refractivity contribution in [1.29, 1.82) is 0 Å². The molecule has 3 rings (SSSR count). The summed E-state index contributed by atoms with van der Waals surface area (Å²) >= 11 is 0. The van der Waals surface area contributed by atoms with Crippen LogP contribution in [0.15, 0.2) is 43.0 Å². The minimum atomic E-state index is -0.464. The lowest BCUT2D eigenvalue weighted by molar-refractivity contribution is 0.100. The average molecular weight is 238 g/mol. The Morgan fingerprint density at radius 1 is 1.22 bits per heavy atom. The van der Waals surface area contributed by atoms with E-state index in [2.05, 4.69) is 15.0 Å². The van der Waals surface area contributed by atoms with Gasteiger partial charge < -0.3 is 10.7 Å². The topological polar surface area (TPSA) is 84.7 Å². The molecule has 0 unspecified atom stereocenters. The van der Waals surface area contributed by atoms with Crippen molar-refractivity contribution in [2.75, 3.05) is 0 Å². The van der Waals surface area contributed by atoms with Gasteiger partial charge in [0.25, 0.3) is 0 Å². The molecule has 0 bridgehead atoms. The summed E-state index contributed by atoms with van der Waals surface area (Å²) < 4.78 is 0. The number of rotatable bonds is 2. The molecule has 3 heterocycles. The summed E-state index contributed by atoms with van der Waals surface area (Å²) in [5, 5.41) is 0.733. The summed E-state index contributed by atoms with van der Waals surface area (Å²) in [5.74, 6) is -0.464. The second-order valence-corrected chi connectivity index (χ2v) is 3.89. The van der Waals surface area contributed by atoms with Crippen LogP contribution in [0.4, 0.5) is 0 Å². The number of H-pyrrole nitrogens is 1. The first-order chi connectivity index (χ1) is 8.77. The predicted octanol–water partition coefficient (Wildman–Crippen LogP) is 1.72. The first-order valence-corrected chi connectivity index (χ1v) is 5.43. The van der Waals surface area contributed by atoms with Crippen LogP contribution >= 0.6 is 0 Å². The van der Waals surface area contributed by atoms with E-state index in [1.165, 1.54) is 0 Å². The zero-order chi connectivity index (χ0) is 12.5. The number of amides is 1. The lowest BCUT2D eigenvalue weighted by Gasteiger charge is -2.07. The Morgan fingerprint density at radius 3 is 2.72 bits per heavy atom. The molecular formula is C13H10N4O. The third kappa shape index (κ3) is 1.53. The Bertz CT molecular complexity index is 718. The number of nitrogens with zero attached hydrogens (tertiary/aromatic N) is 2. The minimum absolute atomic E-state index is 0.464. The van der Waals surface area contributed by atoms with E-state index >= 15 is 0 Å². The molecule has 3 aromatic rings. The standard InChI is InChI=1S/C13H10N4O/c14-12(18)11-9-3-6-16-13(9)17-7-10(11)8-1-4-15-5-2-8/h1-7H,(H2,14,18)(H,16,17). The number of pyridine rings is 2. The van der Waals surface area contributed by atoms with Gasteiger partial charge in [0.15, 0.2) is 0 Å². The Morgan fingerprint density at radius 2 is 2.00 bits per heavy atom. The van der Waals surface area contributed by atoms with Crippen molar-refractivity contribution in [2.45, 2.75) is 0 Å². The fraction of sp³-hybridized carbons (Fsp3) is 0. The van der Waals surface area contributed by atoms with E-state index < -0.39 is 5.91 Å². The van der Waals surface area contributed by atoms with Gasteiger partial charge in [-0.15, -0.1) is 0 Å². The van der Waals surface area contributed by atoms with Crippen LogP contribution in [0.2, 0.25) is 0 Å². The van der Waals surface area contributed by atoms with Crippen molar-refractivity contribution in [3.63, 3.8) is 0 Å². The van der Waals surface area contributed by atoms with Crippen LogP contribution in [0, 0.1) is 0 Å². The second-order valence-electron chi connectivity index (χ2n) is 3.89. The molecule has 18 heavy (non-hydrogen) atoms. The molecule has 0 aliphatic carbocycles. The Labute approximate surface area is 103 Å². The quantitative estimate of drug-likeness (QED) is 0.712. The lowest BCUT2D eigenvalue weighted by atomic mass is 10.0. The van der Waals surface area contributed by atoms with Crippen molar-refractivity contribution in [3.05, 3.63) is 48.5 Å². The zero-order valence-corrected chi connectivity index (χ0v) is 9.42. The number of hydrogen-bond donors (Lipinski definition) is 2. The van der Waals surface area contributed by atoms with Gasteiger partial charge in [0, 0.05) is 35.7 Å². The van der Waals surface area contributed by atoms with Crippen LogP contribution in [0.25, 0.3) is 22.2 Å². The van der Waals surface area contributed by atoms with Crippen molar-refractivity contribution < 1.29 is 4.79 Å². The molecule has 0 radical (unpaired) electrons. The highest BCUT2D eigenvalue weighted by atomic mass is 16.1. The van der Waals surface area contributed by atoms with Gasteiger partial charge in [-0.25, -0.2) is 4.98 Å². The molecule has 0 atom stereocenters. The summed E-state index contributed by atoms with van der Waals surface area (Å²) in [6, 6.07) is 5.44. The molecule has 3 N–H and O–H groups in total. The van der Waals surface area contributed by atoms with Gasteiger partial charge >= 0.3 is 0 Å². The first-order valence-electron chi connectivity index (χ1n) is 5.43. The molecule has 5 heteroatoms. The van der Waals surface area contributed by atoms with E-state index in [1.807, 2.05) is 12.1 Å². The monoisotopic (exact) mass is 238 g/mol. The van der Waals surface area contributed by atoms with Crippen LogP contribution in [0.5, 0.6) is 0 Å². The second kappa shape index (κ2) is 3.96. The number of carbonyl (C=O) groups is 1. The number of hydrogen-bond acceptors (Lipinski definition) is 3. The normalized spacial score (nSPS) is 10.7. The minimum Gasteiger partial charge on any atom is -0.366 e. The fourth-order valence-electron chi connectivity index (χ4n) is 2.02. The van der Waals surface area contributed by atoms with E-state index in [9.17, 15) is 4.79 Å². The summed E-state index contributed by atoms with van der Waals surface area (Å²) in [7, 11) is 0. The van der Waals surface area contributed by atoms with Crippen LogP contribution in [0.1, 0.15) is 10.4 Å². The number of nitrogens with one attached hydrogen (secondary N) is 1. The number of nitrogens with two attached hydrogens (primary N) is 1. The molecule has 88 valence electrons. The molecule has 0 saturated heterocycles.